The standard InChI is InChI=1S/C25H26N2O4/c1-3-22(25(29)30)31-17-20-7-4-6-19(16-20)8-5-14-27-15-13-26-24(27)23(28)21-11-9-18(2)10-12-21/h4-13,15-16,22H,3,14,17H2,1-2H3,(H,29,30). The fraction of sp³-hybridized carbons (Fsp3) is 0.240. The van der Waals surface area contributed by atoms with Crippen LogP contribution in [0.3, 0.4) is 0 Å². The van der Waals surface area contributed by atoms with Crippen LogP contribution in [-0.4, -0.2) is 32.5 Å². The van der Waals surface area contributed by atoms with Crippen LogP contribution in [-0.2, 0) is 22.7 Å². The number of carboxylic acid groups (broad SMARTS) is 1. The lowest BCUT2D eigenvalue weighted by Gasteiger charge is -2.11. The molecule has 3 rings (SSSR count). The Morgan fingerprint density at radius 2 is 1.97 bits per heavy atom. The number of aryl methyl sites for hydroxylation is 1. The summed E-state index contributed by atoms with van der Waals surface area (Å²) in [4.78, 5) is 28.1. The maximum absolute atomic E-state index is 12.8. The fourth-order valence-electron chi connectivity index (χ4n) is 3.15. The molecule has 3 aromatic rings. The molecule has 0 bridgehead atoms. The SMILES string of the molecule is CCC(OCc1cccc(C=CCn2ccnc2C(=O)c2ccc(C)cc2)c1)C(=O)O. The monoisotopic (exact) mass is 418 g/mol. The minimum absolute atomic E-state index is 0.110. The predicted molar refractivity (Wildman–Crippen MR) is 119 cm³/mol. The van der Waals surface area contributed by atoms with Crippen molar-refractivity contribution < 1.29 is 19.4 Å². The van der Waals surface area contributed by atoms with Crippen molar-refractivity contribution in [3.05, 3.63) is 95.1 Å². The highest BCUT2D eigenvalue weighted by molar-refractivity contribution is 6.06. The third-order valence-electron chi connectivity index (χ3n) is 4.89. The molecular formula is C25H26N2O4. The van der Waals surface area contributed by atoms with Gasteiger partial charge in [0.1, 0.15) is 0 Å². The molecule has 0 radical (unpaired) electrons. The van der Waals surface area contributed by atoms with Gasteiger partial charge in [-0.15, -0.1) is 0 Å². The predicted octanol–water partition coefficient (Wildman–Crippen LogP) is 4.52. The molecule has 0 fully saturated rings. The third kappa shape index (κ3) is 5.99. The minimum atomic E-state index is -0.949. The first-order chi connectivity index (χ1) is 15.0. The zero-order valence-electron chi connectivity index (χ0n) is 17.7. The van der Waals surface area contributed by atoms with Crippen LogP contribution in [0.1, 0.15) is 46.2 Å². The van der Waals surface area contributed by atoms with E-state index < -0.39 is 12.1 Å². The van der Waals surface area contributed by atoms with E-state index >= 15 is 0 Å². The van der Waals surface area contributed by atoms with E-state index in [2.05, 4.69) is 4.98 Å². The lowest BCUT2D eigenvalue weighted by molar-refractivity contribution is -0.151. The van der Waals surface area contributed by atoms with E-state index in [0.717, 1.165) is 16.7 Å². The molecule has 0 aliphatic carbocycles. The Bertz CT molecular complexity index is 1070. The summed E-state index contributed by atoms with van der Waals surface area (Å²) in [7, 11) is 0. The number of ether oxygens (including phenoxy) is 1. The van der Waals surface area contributed by atoms with E-state index in [1.807, 2.05) is 72.2 Å². The Balaban J connectivity index is 1.64. The Hall–Kier alpha value is -3.51. The molecule has 31 heavy (non-hydrogen) atoms. The number of aromatic nitrogens is 2. The number of hydrogen-bond donors (Lipinski definition) is 1. The molecule has 1 unspecified atom stereocenters. The van der Waals surface area contributed by atoms with E-state index in [0.29, 0.717) is 24.4 Å². The first kappa shape index (κ1) is 22.2. The van der Waals surface area contributed by atoms with Crippen molar-refractivity contribution in [3.8, 4) is 0 Å². The molecule has 0 aliphatic rings. The van der Waals surface area contributed by atoms with Crippen molar-refractivity contribution in [2.45, 2.75) is 39.5 Å². The second-order valence-electron chi connectivity index (χ2n) is 7.29. The Morgan fingerprint density at radius 3 is 2.68 bits per heavy atom. The Kier molecular flexibility index (Phi) is 7.51. The molecule has 160 valence electrons. The molecule has 6 nitrogen and oxygen atoms in total. The first-order valence-corrected chi connectivity index (χ1v) is 10.2. The summed E-state index contributed by atoms with van der Waals surface area (Å²) in [5.74, 6) is -0.661. The van der Waals surface area contributed by atoms with Crippen LogP contribution in [0.5, 0.6) is 0 Å². The van der Waals surface area contributed by atoms with Crippen LogP contribution in [0.15, 0.2) is 67.0 Å². The van der Waals surface area contributed by atoms with Gasteiger partial charge in [-0.25, -0.2) is 9.78 Å². The first-order valence-electron chi connectivity index (χ1n) is 10.2. The van der Waals surface area contributed by atoms with Gasteiger partial charge < -0.3 is 14.4 Å². The highest BCUT2D eigenvalue weighted by Crippen LogP contribution is 2.13. The van der Waals surface area contributed by atoms with Crippen molar-refractivity contribution in [1.29, 1.82) is 0 Å². The van der Waals surface area contributed by atoms with Crippen molar-refractivity contribution in [1.82, 2.24) is 9.55 Å². The average Bonchev–Trinajstić information content (AvgIpc) is 3.23. The maximum Gasteiger partial charge on any atom is 0.332 e. The van der Waals surface area contributed by atoms with Crippen LogP contribution < -0.4 is 0 Å². The summed E-state index contributed by atoms with van der Waals surface area (Å²) in [5.41, 5.74) is 3.58. The van der Waals surface area contributed by atoms with Crippen molar-refractivity contribution in [2.75, 3.05) is 0 Å². The Morgan fingerprint density at radius 1 is 1.19 bits per heavy atom. The summed E-state index contributed by atoms with van der Waals surface area (Å²) in [6.45, 7) is 4.51. The van der Waals surface area contributed by atoms with Gasteiger partial charge >= 0.3 is 5.97 Å². The maximum atomic E-state index is 12.8. The molecule has 1 aromatic heterocycles. The minimum Gasteiger partial charge on any atom is -0.479 e. The Labute approximate surface area is 181 Å². The smallest absolute Gasteiger partial charge is 0.332 e. The summed E-state index contributed by atoms with van der Waals surface area (Å²) in [6, 6.07) is 15.2. The molecule has 0 amide bonds. The number of nitrogens with zero attached hydrogens (tertiary/aromatic N) is 2. The molecule has 0 spiro atoms. The summed E-state index contributed by atoms with van der Waals surface area (Å²) >= 11 is 0. The number of hydrogen-bond acceptors (Lipinski definition) is 4. The summed E-state index contributed by atoms with van der Waals surface area (Å²) < 4.78 is 7.28. The topological polar surface area (TPSA) is 81.4 Å². The quantitative estimate of drug-likeness (QED) is 0.490. The lowest BCUT2D eigenvalue weighted by Crippen LogP contribution is -2.22. The zero-order chi connectivity index (χ0) is 22.2. The largest absolute Gasteiger partial charge is 0.479 e. The lowest BCUT2D eigenvalue weighted by atomic mass is 10.1. The highest BCUT2D eigenvalue weighted by atomic mass is 16.5. The van der Waals surface area contributed by atoms with Gasteiger partial charge in [0.15, 0.2) is 11.9 Å². The molecular weight excluding hydrogens is 392 g/mol. The number of ketones is 1. The van der Waals surface area contributed by atoms with Crippen LogP contribution in [0, 0.1) is 6.92 Å². The number of carboxylic acids is 1. The van der Waals surface area contributed by atoms with Gasteiger partial charge in [-0.1, -0.05) is 67.1 Å². The summed E-state index contributed by atoms with van der Waals surface area (Å²) in [6.07, 6.45) is 6.94. The molecule has 2 aromatic carbocycles. The van der Waals surface area contributed by atoms with E-state index in [1.54, 1.807) is 19.3 Å². The molecule has 1 N–H and O–H groups in total. The van der Waals surface area contributed by atoms with Crippen LogP contribution in [0.25, 0.3) is 6.08 Å². The molecule has 6 heteroatoms. The number of imidazole rings is 1. The number of allylic oxidation sites excluding steroid dienone is 1. The van der Waals surface area contributed by atoms with Crippen molar-refractivity contribution in [2.24, 2.45) is 0 Å². The number of carbonyl (C=O) groups excluding carboxylic acids is 1. The molecule has 1 heterocycles. The zero-order valence-corrected chi connectivity index (χ0v) is 17.7. The van der Waals surface area contributed by atoms with Gasteiger partial charge in [-0.05, 0) is 30.5 Å². The van der Waals surface area contributed by atoms with Gasteiger partial charge in [-0.3, -0.25) is 4.79 Å². The number of carbonyl (C=O) groups is 2. The van der Waals surface area contributed by atoms with Crippen molar-refractivity contribution >= 4 is 17.8 Å². The highest BCUT2D eigenvalue weighted by Gasteiger charge is 2.15. The molecule has 0 saturated carbocycles. The molecule has 1 atom stereocenters. The molecule has 0 aliphatic heterocycles. The van der Waals surface area contributed by atoms with Gasteiger partial charge in [0.05, 0.1) is 6.61 Å². The number of rotatable bonds is 10. The van der Waals surface area contributed by atoms with E-state index in [-0.39, 0.29) is 12.4 Å². The molecule has 0 saturated heterocycles. The second kappa shape index (κ2) is 10.5. The van der Waals surface area contributed by atoms with E-state index in [4.69, 9.17) is 9.84 Å². The van der Waals surface area contributed by atoms with Crippen molar-refractivity contribution in [3.63, 3.8) is 0 Å². The van der Waals surface area contributed by atoms with E-state index in [9.17, 15) is 9.59 Å². The van der Waals surface area contributed by atoms with Gasteiger partial charge in [-0.2, -0.15) is 0 Å². The normalized spacial score (nSPS) is 12.2. The van der Waals surface area contributed by atoms with E-state index in [1.165, 1.54) is 0 Å². The third-order valence-corrected chi connectivity index (χ3v) is 4.89. The van der Waals surface area contributed by atoms with Gasteiger partial charge in [0.25, 0.3) is 0 Å². The second-order valence-corrected chi connectivity index (χ2v) is 7.29. The van der Waals surface area contributed by atoms with Crippen LogP contribution >= 0.6 is 0 Å². The van der Waals surface area contributed by atoms with Gasteiger partial charge in [0, 0.05) is 24.5 Å². The van der Waals surface area contributed by atoms with Gasteiger partial charge in [0.2, 0.25) is 5.78 Å². The number of aliphatic carboxylic acids is 1. The fourth-order valence-corrected chi connectivity index (χ4v) is 3.15. The summed E-state index contributed by atoms with van der Waals surface area (Å²) in [5, 5.41) is 9.09. The van der Waals surface area contributed by atoms with Crippen LogP contribution in [0.4, 0.5) is 0 Å². The average molecular weight is 418 g/mol. The van der Waals surface area contributed by atoms with Crippen LogP contribution in [0.2, 0.25) is 0 Å². The number of benzene rings is 2.